The first-order valence-corrected chi connectivity index (χ1v) is 8.34. The van der Waals surface area contributed by atoms with E-state index in [9.17, 15) is 9.59 Å². The number of hydrogen-bond donors (Lipinski definition) is 0. The number of amides is 1. The molecule has 0 aromatic heterocycles. The molecule has 2 aliphatic rings. The Balaban J connectivity index is 2.05. The summed E-state index contributed by atoms with van der Waals surface area (Å²) in [5.74, 6) is -0.304. The topological polar surface area (TPSA) is 65.1 Å². The molecule has 6 nitrogen and oxygen atoms in total. The summed E-state index contributed by atoms with van der Waals surface area (Å²) < 4.78 is 17.1. The highest BCUT2D eigenvalue weighted by molar-refractivity contribution is 5.68. The number of hydrogen-bond acceptors (Lipinski definition) is 5. The summed E-state index contributed by atoms with van der Waals surface area (Å²) in [4.78, 5) is 25.0. The predicted molar refractivity (Wildman–Crippen MR) is 85.0 cm³/mol. The molecule has 2 aliphatic heterocycles. The highest BCUT2D eigenvalue weighted by Gasteiger charge is 2.43. The standard InChI is InChI=1S/C17H29NO5/c1-16(2,3)23-15(20)18-8-6-12(7-9-19)13(10-18)14-11-21-17(4,5)22-14/h9,12-14H,6-8,10-11H2,1-5H3/t12-,13-,14?/m0/s1. The van der Waals surface area contributed by atoms with Crippen molar-refractivity contribution in [2.75, 3.05) is 19.7 Å². The van der Waals surface area contributed by atoms with Gasteiger partial charge in [0.1, 0.15) is 11.9 Å². The third-order valence-electron chi connectivity index (χ3n) is 4.37. The highest BCUT2D eigenvalue weighted by atomic mass is 16.7. The Morgan fingerprint density at radius 2 is 2.09 bits per heavy atom. The lowest BCUT2D eigenvalue weighted by molar-refractivity contribution is -0.150. The predicted octanol–water partition coefficient (Wildman–Crippen LogP) is 2.60. The summed E-state index contributed by atoms with van der Waals surface area (Å²) >= 11 is 0. The van der Waals surface area contributed by atoms with E-state index in [0.29, 0.717) is 26.1 Å². The smallest absolute Gasteiger partial charge is 0.410 e. The Labute approximate surface area is 138 Å². The van der Waals surface area contributed by atoms with E-state index in [4.69, 9.17) is 14.2 Å². The molecule has 0 radical (unpaired) electrons. The van der Waals surface area contributed by atoms with Crippen molar-refractivity contribution in [3.63, 3.8) is 0 Å². The summed E-state index contributed by atoms with van der Waals surface area (Å²) in [6.45, 7) is 11.0. The lowest BCUT2D eigenvalue weighted by atomic mass is 9.80. The van der Waals surface area contributed by atoms with E-state index in [0.717, 1.165) is 12.7 Å². The summed E-state index contributed by atoms with van der Waals surface area (Å²) in [5.41, 5.74) is -0.513. The molecule has 2 saturated heterocycles. The maximum atomic E-state index is 12.3. The summed E-state index contributed by atoms with van der Waals surface area (Å²) in [6.07, 6.45) is 1.84. The number of carbonyl (C=O) groups is 2. The molecule has 0 bridgehead atoms. The van der Waals surface area contributed by atoms with Gasteiger partial charge in [-0.1, -0.05) is 0 Å². The normalized spacial score (nSPS) is 31.0. The zero-order valence-electron chi connectivity index (χ0n) is 14.8. The molecule has 2 heterocycles. The molecule has 2 rings (SSSR count). The molecule has 0 spiro atoms. The minimum atomic E-state index is -0.607. The molecule has 1 amide bonds. The summed E-state index contributed by atoms with van der Waals surface area (Å²) in [7, 11) is 0. The van der Waals surface area contributed by atoms with Gasteiger partial charge in [0.25, 0.3) is 0 Å². The van der Waals surface area contributed by atoms with Gasteiger partial charge in [0.05, 0.1) is 12.7 Å². The van der Waals surface area contributed by atoms with Gasteiger partial charge in [-0.3, -0.25) is 0 Å². The van der Waals surface area contributed by atoms with Gasteiger partial charge in [0, 0.05) is 25.4 Å². The van der Waals surface area contributed by atoms with Crippen molar-refractivity contribution in [3.05, 3.63) is 0 Å². The highest BCUT2D eigenvalue weighted by Crippen LogP contribution is 2.36. The maximum absolute atomic E-state index is 12.3. The van der Waals surface area contributed by atoms with Crippen LogP contribution in [0, 0.1) is 11.8 Å². The van der Waals surface area contributed by atoms with Crippen LogP contribution in [0.4, 0.5) is 4.79 Å². The Morgan fingerprint density at radius 3 is 2.61 bits per heavy atom. The third-order valence-corrected chi connectivity index (χ3v) is 4.37. The fourth-order valence-electron chi connectivity index (χ4n) is 3.29. The third kappa shape index (κ3) is 4.91. The van der Waals surface area contributed by atoms with Crippen molar-refractivity contribution in [2.24, 2.45) is 11.8 Å². The van der Waals surface area contributed by atoms with Gasteiger partial charge in [0.15, 0.2) is 5.79 Å². The largest absolute Gasteiger partial charge is 0.444 e. The Bertz CT molecular complexity index is 443. The number of aldehydes is 1. The van der Waals surface area contributed by atoms with Crippen LogP contribution < -0.4 is 0 Å². The van der Waals surface area contributed by atoms with Crippen LogP contribution in [0.1, 0.15) is 47.5 Å². The van der Waals surface area contributed by atoms with E-state index in [1.165, 1.54) is 0 Å². The van der Waals surface area contributed by atoms with Crippen LogP contribution in [0.15, 0.2) is 0 Å². The summed E-state index contributed by atoms with van der Waals surface area (Å²) in [5, 5.41) is 0. The minimum absolute atomic E-state index is 0.0863. The monoisotopic (exact) mass is 327 g/mol. The van der Waals surface area contributed by atoms with E-state index in [2.05, 4.69) is 0 Å². The maximum Gasteiger partial charge on any atom is 0.410 e. The van der Waals surface area contributed by atoms with Gasteiger partial charge in [-0.15, -0.1) is 0 Å². The Hall–Kier alpha value is -1.14. The van der Waals surface area contributed by atoms with Crippen LogP contribution >= 0.6 is 0 Å². The zero-order valence-corrected chi connectivity index (χ0v) is 14.8. The van der Waals surface area contributed by atoms with Crippen LogP contribution in [0.2, 0.25) is 0 Å². The molecule has 3 atom stereocenters. The Kier molecular flexibility index (Phi) is 5.36. The second-order valence-corrected chi connectivity index (χ2v) is 7.91. The fourth-order valence-corrected chi connectivity index (χ4v) is 3.29. The van der Waals surface area contributed by atoms with Crippen LogP contribution in [-0.2, 0) is 19.0 Å². The number of piperidine rings is 1. The van der Waals surface area contributed by atoms with Crippen LogP contribution in [-0.4, -0.2) is 54.5 Å². The molecule has 1 unspecified atom stereocenters. The van der Waals surface area contributed by atoms with Crippen LogP contribution in [0.3, 0.4) is 0 Å². The van der Waals surface area contributed by atoms with Crippen LogP contribution in [0.25, 0.3) is 0 Å². The first-order chi connectivity index (χ1) is 10.6. The van der Waals surface area contributed by atoms with E-state index >= 15 is 0 Å². The number of ether oxygens (including phenoxy) is 3. The molecule has 0 saturated carbocycles. The number of rotatable bonds is 3. The van der Waals surface area contributed by atoms with Gasteiger partial charge >= 0.3 is 6.09 Å². The van der Waals surface area contributed by atoms with Crippen molar-refractivity contribution < 1.29 is 23.8 Å². The van der Waals surface area contributed by atoms with E-state index in [1.54, 1.807) is 4.90 Å². The van der Waals surface area contributed by atoms with E-state index in [-0.39, 0.29) is 24.0 Å². The lowest BCUT2D eigenvalue weighted by Gasteiger charge is -2.40. The van der Waals surface area contributed by atoms with Gasteiger partial charge in [-0.2, -0.15) is 0 Å². The lowest BCUT2D eigenvalue weighted by Crippen LogP contribution is -2.50. The molecule has 0 N–H and O–H groups in total. The number of likely N-dealkylation sites (tertiary alicyclic amines) is 1. The SMILES string of the molecule is CC(C)(C)OC(=O)N1CC[C@@H](CC=O)[C@@H](C2COC(C)(C)O2)C1. The molecular weight excluding hydrogens is 298 g/mol. The second kappa shape index (κ2) is 6.77. The van der Waals surface area contributed by atoms with Crippen molar-refractivity contribution in [1.82, 2.24) is 4.90 Å². The molecule has 0 aliphatic carbocycles. The van der Waals surface area contributed by atoms with Gasteiger partial charge in [-0.05, 0) is 47.0 Å². The van der Waals surface area contributed by atoms with E-state index in [1.807, 2.05) is 34.6 Å². The quantitative estimate of drug-likeness (QED) is 0.746. The fraction of sp³-hybridized carbons (Fsp3) is 0.882. The van der Waals surface area contributed by atoms with Crippen molar-refractivity contribution >= 4 is 12.4 Å². The minimum Gasteiger partial charge on any atom is -0.444 e. The molecule has 2 fully saturated rings. The zero-order chi connectivity index (χ0) is 17.3. The van der Waals surface area contributed by atoms with Crippen molar-refractivity contribution in [2.45, 2.75) is 65.0 Å². The van der Waals surface area contributed by atoms with Crippen molar-refractivity contribution in [3.8, 4) is 0 Å². The van der Waals surface area contributed by atoms with Crippen LogP contribution in [0.5, 0.6) is 0 Å². The molecular formula is C17H29NO5. The summed E-state index contributed by atoms with van der Waals surface area (Å²) in [6, 6.07) is 0. The van der Waals surface area contributed by atoms with E-state index < -0.39 is 11.4 Å². The average Bonchev–Trinajstić information content (AvgIpc) is 2.77. The average molecular weight is 327 g/mol. The molecule has 132 valence electrons. The molecule has 23 heavy (non-hydrogen) atoms. The molecule has 0 aromatic rings. The second-order valence-electron chi connectivity index (χ2n) is 7.91. The first kappa shape index (κ1) is 18.2. The van der Waals surface area contributed by atoms with Crippen molar-refractivity contribution in [1.29, 1.82) is 0 Å². The first-order valence-electron chi connectivity index (χ1n) is 8.34. The van der Waals surface area contributed by atoms with Gasteiger partial charge < -0.3 is 23.9 Å². The van der Waals surface area contributed by atoms with Gasteiger partial charge in [-0.25, -0.2) is 4.79 Å². The molecule has 0 aromatic carbocycles. The molecule has 6 heteroatoms. The van der Waals surface area contributed by atoms with Gasteiger partial charge in [0.2, 0.25) is 0 Å². The Morgan fingerprint density at radius 1 is 1.39 bits per heavy atom. The number of nitrogens with zero attached hydrogens (tertiary/aromatic N) is 1. The number of carbonyl (C=O) groups excluding carboxylic acids is 2.